The van der Waals surface area contributed by atoms with E-state index in [1.807, 2.05) is 6.07 Å². The van der Waals surface area contributed by atoms with Crippen molar-refractivity contribution in [1.29, 1.82) is 0 Å². The predicted octanol–water partition coefficient (Wildman–Crippen LogP) is 2.64. The van der Waals surface area contributed by atoms with Gasteiger partial charge >= 0.3 is 0 Å². The van der Waals surface area contributed by atoms with Gasteiger partial charge in [-0.2, -0.15) is 0 Å². The van der Waals surface area contributed by atoms with Crippen LogP contribution < -0.4 is 5.32 Å². The second-order valence-electron chi connectivity index (χ2n) is 5.19. The molecule has 104 valence electrons. The molecule has 1 aliphatic rings. The molecule has 2 atom stereocenters. The number of para-hydroxylation sites is 1. The number of benzene rings is 1. The summed E-state index contributed by atoms with van der Waals surface area (Å²) in [7, 11) is 0. The summed E-state index contributed by atoms with van der Waals surface area (Å²) in [5.41, 5.74) is 0.919. The lowest BCUT2D eigenvalue weighted by Gasteiger charge is -2.32. The Hall–Kier alpha value is -1.46. The third-order valence-electron chi connectivity index (χ3n) is 3.47. The molecule has 0 aliphatic carbocycles. The highest BCUT2D eigenvalue weighted by atomic mass is 16.6. The summed E-state index contributed by atoms with van der Waals surface area (Å²) >= 11 is 0. The second-order valence-corrected chi connectivity index (χ2v) is 5.19. The number of nitro benzene ring substituents is 1. The average Bonchev–Trinajstić information content (AvgIpc) is 2.35. The first-order valence-electron chi connectivity index (χ1n) is 6.67. The molecule has 19 heavy (non-hydrogen) atoms. The van der Waals surface area contributed by atoms with Crippen LogP contribution in [0.5, 0.6) is 0 Å². The number of nitrogens with one attached hydrogen (secondary N) is 1. The van der Waals surface area contributed by atoms with Crippen molar-refractivity contribution in [2.45, 2.75) is 51.5 Å². The summed E-state index contributed by atoms with van der Waals surface area (Å²) in [5.74, 6) is 0. The first kappa shape index (κ1) is 14.0. The minimum absolute atomic E-state index is 0.183. The molecular weight excluding hydrogens is 244 g/mol. The van der Waals surface area contributed by atoms with Crippen molar-refractivity contribution in [2.75, 3.05) is 0 Å². The first-order valence-corrected chi connectivity index (χ1v) is 6.67. The number of ether oxygens (including phenoxy) is 1. The Labute approximate surface area is 113 Å². The molecule has 5 nitrogen and oxygen atoms in total. The zero-order valence-electron chi connectivity index (χ0n) is 11.3. The van der Waals surface area contributed by atoms with Crippen LogP contribution in [-0.2, 0) is 11.3 Å². The number of rotatable bonds is 4. The molecule has 0 bridgehead atoms. The van der Waals surface area contributed by atoms with Gasteiger partial charge in [-0.3, -0.25) is 10.1 Å². The summed E-state index contributed by atoms with van der Waals surface area (Å²) < 4.78 is 5.68. The van der Waals surface area contributed by atoms with Gasteiger partial charge in [0.1, 0.15) is 0 Å². The number of nitrogens with zero attached hydrogens (tertiary/aromatic N) is 1. The van der Waals surface area contributed by atoms with Crippen molar-refractivity contribution < 1.29 is 9.66 Å². The van der Waals surface area contributed by atoms with Crippen LogP contribution in [0.4, 0.5) is 5.69 Å². The van der Waals surface area contributed by atoms with Gasteiger partial charge in [0.2, 0.25) is 0 Å². The van der Waals surface area contributed by atoms with Crippen molar-refractivity contribution in [1.82, 2.24) is 5.32 Å². The Morgan fingerprint density at radius 3 is 2.58 bits per heavy atom. The predicted molar refractivity (Wildman–Crippen MR) is 73.0 cm³/mol. The maximum absolute atomic E-state index is 10.9. The van der Waals surface area contributed by atoms with Crippen molar-refractivity contribution in [3.05, 3.63) is 39.9 Å². The van der Waals surface area contributed by atoms with E-state index in [1.165, 1.54) is 0 Å². The van der Waals surface area contributed by atoms with Gasteiger partial charge in [-0.05, 0) is 26.7 Å². The normalized spacial score (nSPS) is 27.2. The lowest BCUT2D eigenvalue weighted by molar-refractivity contribution is -0.385. The minimum Gasteiger partial charge on any atom is -0.375 e. The standard InChI is InChI=1S/C14H20N2O3/c1-10-7-13(8-11(2)19-10)15-9-12-5-3-4-6-14(12)16(17)18/h3-6,10-11,13,15H,7-9H2,1-2H3. The van der Waals surface area contributed by atoms with Gasteiger partial charge in [0.15, 0.2) is 0 Å². The molecule has 1 heterocycles. The summed E-state index contributed by atoms with van der Waals surface area (Å²) in [4.78, 5) is 10.6. The fraction of sp³-hybridized carbons (Fsp3) is 0.571. The molecule has 1 N–H and O–H groups in total. The molecule has 1 aromatic carbocycles. The van der Waals surface area contributed by atoms with E-state index in [1.54, 1.807) is 18.2 Å². The molecule has 0 spiro atoms. The Morgan fingerprint density at radius 1 is 1.32 bits per heavy atom. The second kappa shape index (κ2) is 6.12. The SMILES string of the molecule is CC1CC(NCc2ccccc2[N+](=O)[O-])CC(C)O1. The van der Waals surface area contributed by atoms with Crippen molar-refractivity contribution in [3.63, 3.8) is 0 Å². The van der Waals surface area contributed by atoms with Crippen LogP contribution >= 0.6 is 0 Å². The lowest BCUT2D eigenvalue weighted by atomic mass is 9.99. The number of hydrogen-bond donors (Lipinski definition) is 1. The number of hydrogen-bond acceptors (Lipinski definition) is 4. The Balaban J connectivity index is 1.97. The highest BCUT2D eigenvalue weighted by molar-refractivity contribution is 5.39. The molecule has 1 saturated heterocycles. The molecule has 1 aromatic rings. The van der Waals surface area contributed by atoms with Crippen molar-refractivity contribution in [3.8, 4) is 0 Å². The van der Waals surface area contributed by atoms with Gasteiger partial charge in [-0.15, -0.1) is 0 Å². The number of nitro groups is 1. The van der Waals surface area contributed by atoms with Crippen LogP contribution in [0.1, 0.15) is 32.3 Å². The maximum Gasteiger partial charge on any atom is 0.273 e. The van der Waals surface area contributed by atoms with E-state index in [0.717, 1.165) is 18.4 Å². The third kappa shape index (κ3) is 3.75. The van der Waals surface area contributed by atoms with Crippen LogP contribution in [0.15, 0.2) is 24.3 Å². The van der Waals surface area contributed by atoms with E-state index in [4.69, 9.17) is 4.74 Å². The van der Waals surface area contributed by atoms with Gasteiger partial charge in [-0.1, -0.05) is 18.2 Å². The zero-order chi connectivity index (χ0) is 13.8. The van der Waals surface area contributed by atoms with Crippen molar-refractivity contribution in [2.24, 2.45) is 0 Å². The smallest absolute Gasteiger partial charge is 0.273 e. The molecule has 2 rings (SSSR count). The van der Waals surface area contributed by atoms with Crippen LogP contribution in [0.3, 0.4) is 0 Å². The fourth-order valence-corrected chi connectivity index (χ4v) is 2.66. The van der Waals surface area contributed by atoms with E-state index in [-0.39, 0.29) is 22.8 Å². The van der Waals surface area contributed by atoms with E-state index >= 15 is 0 Å². The van der Waals surface area contributed by atoms with Crippen LogP contribution in [0.2, 0.25) is 0 Å². The van der Waals surface area contributed by atoms with Gasteiger partial charge in [0.05, 0.1) is 17.1 Å². The highest BCUT2D eigenvalue weighted by Gasteiger charge is 2.24. The average molecular weight is 264 g/mol. The van der Waals surface area contributed by atoms with E-state index in [2.05, 4.69) is 19.2 Å². The van der Waals surface area contributed by atoms with Crippen LogP contribution in [0.25, 0.3) is 0 Å². The minimum atomic E-state index is -0.327. The van der Waals surface area contributed by atoms with Crippen molar-refractivity contribution >= 4 is 5.69 Å². The van der Waals surface area contributed by atoms with Gasteiger partial charge in [-0.25, -0.2) is 0 Å². The topological polar surface area (TPSA) is 64.4 Å². The fourth-order valence-electron chi connectivity index (χ4n) is 2.66. The van der Waals surface area contributed by atoms with Crippen LogP contribution in [0, 0.1) is 10.1 Å². The molecule has 5 heteroatoms. The summed E-state index contributed by atoms with van der Waals surface area (Å²) in [5, 5.41) is 14.3. The molecular formula is C14H20N2O3. The van der Waals surface area contributed by atoms with Crippen LogP contribution in [-0.4, -0.2) is 23.2 Å². The van der Waals surface area contributed by atoms with E-state index in [9.17, 15) is 10.1 Å². The molecule has 0 amide bonds. The van der Waals surface area contributed by atoms with E-state index < -0.39 is 0 Å². The van der Waals surface area contributed by atoms with Gasteiger partial charge in [0.25, 0.3) is 5.69 Å². The van der Waals surface area contributed by atoms with Gasteiger partial charge in [0, 0.05) is 24.2 Å². The monoisotopic (exact) mass is 264 g/mol. The molecule has 0 aromatic heterocycles. The zero-order valence-corrected chi connectivity index (χ0v) is 11.3. The third-order valence-corrected chi connectivity index (χ3v) is 3.47. The molecule has 2 unspecified atom stereocenters. The summed E-state index contributed by atoms with van der Waals surface area (Å²) in [6, 6.07) is 7.24. The lowest BCUT2D eigenvalue weighted by Crippen LogP contribution is -2.41. The summed E-state index contributed by atoms with van der Waals surface area (Å²) in [6.45, 7) is 4.66. The molecule has 0 radical (unpaired) electrons. The van der Waals surface area contributed by atoms with Gasteiger partial charge < -0.3 is 10.1 Å². The quantitative estimate of drug-likeness (QED) is 0.670. The van der Waals surface area contributed by atoms with E-state index in [0.29, 0.717) is 12.6 Å². The highest BCUT2D eigenvalue weighted by Crippen LogP contribution is 2.21. The Bertz CT molecular complexity index is 440. The molecule has 0 saturated carbocycles. The maximum atomic E-state index is 10.9. The first-order chi connectivity index (χ1) is 9.06. The molecule has 1 aliphatic heterocycles. The Morgan fingerprint density at radius 2 is 1.95 bits per heavy atom. The Kier molecular flexibility index (Phi) is 4.50. The molecule has 1 fully saturated rings. The summed E-state index contributed by atoms with van der Waals surface area (Å²) in [6.07, 6.45) is 2.38. The largest absolute Gasteiger partial charge is 0.375 e.